The van der Waals surface area contributed by atoms with Gasteiger partial charge < -0.3 is 29.7 Å². The molecule has 1 atom stereocenters. The lowest BCUT2D eigenvalue weighted by Gasteiger charge is -2.63. The molecule has 4 fully saturated rings. The van der Waals surface area contributed by atoms with Gasteiger partial charge in [0.1, 0.15) is 24.0 Å². The molecule has 5 heterocycles. The Morgan fingerprint density at radius 2 is 1.52 bits per heavy atom. The molecule has 3 N–H and O–H groups in total. The first-order chi connectivity index (χ1) is 30.0. The number of aromatic amines is 1. The van der Waals surface area contributed by atoms with E-state index >= 15 is 0 Å². The molecule has 0 spiro atoms. The monoisotopic (exact) mass is 852 g/mol. The molecule has 1 aliphatic carbocycles. The molecule has 0 bridgehead atoms. The van der Waals surface area contributed by atoms with Crippen molar-refractivity contribution in [1.82, 2.24) is 25.4 Å². The number of amides is 4. The Labute approximate surface area is 367 Å². The second-order valence-electron chi connectivity index (χ2n) is 19.7. The molecule has 0 radical (unpaired) electrons. The summed E-state index contributed by atoms with van der Waals surface area (Å²) in [5, 5.41) is 16.0. The molecule has 9 rings (SSSR count). The molecule has 4 aromatic rings. The van der Waals surface area contributed by atoms with Crippen molar-refractivity contribution in [2.75, 3.05) is 55.6 Å². The standard InChI is InChI=1S/C49H56N8O6/c1-47(2)45(48(3,4)46(47)63-38-15-8-31(27-50)41-36(38)13-16-39(58)51-41)53-42(60)30-6-9-33(10-7-30)56-24-22-54(23-25-56)29-49(5)18-20-55(21-19-49)34-11-12-35-32(26-34)28-57(44(35)62)37-14-17-40(59)52-43(37)61/h6-13,15-16,26,37,45-46H,14,17-25,28-29H2,1-5H3,(H,51,58)(H,53,60)(H,52,59,61). The number of piperidine rings is 2. The number of hydrogen-bond acceptors (Lipinski definition) is 10. The van der Waals surface area contributed by atoms with Crippen LogP contribution in [0.15, 0.2) is 71.5 Å². The van der Waals surface area contributed by atoms with Crippen molar-refractivity contribution < 1.29 is 23.9 Å². The van der Waals surface area contributed by atoms with Gasteiger partial charge in [-0.25, -0.2) is 0 Å². The third kappa shape index (κ3) is 7.70. The van der Waals surface area contributed by atoms with Crippen LogP contribution in [0.1, 0.15) is 92.1 Å². The van der Waals surface area contributed by atoms with E-state index in [2.05, 4.69) is 77.1 Å². The Morgan fingerprint density at radius 3 is 2.21 bits per heavy atom. The van der Waals surface area contributed by atoms with Gasteiger partial charge in [0.2, 0.25) is 17.4 Å². The zero-order chi connectivity index (χ0) is 44.4. The van der Waals surface area contributed by atoms with Gasteiger partial charge in [0.05, 0.1) is 11.1 Å². The zero-order valence-corrected chi connectivity index (χ0v) is 36.8. The SMILES string of the molecule is CC1(CN2CCN(c3ccc(C(=O)NC4C(C)(C)C(Oc5ccc(C#N)c6[nH]c(=O)ccc56)C4(C)C)cc3)CC2)CCN(c2ccc3c(c2)CN(C2CCC(=O)NC2=O)C3=O)CC1. The molecule has 5 aliphatic rings. The number of aromatic nitrogens is 1. The van der Waals surface area contributed by atoms with Gasteiger partial charge in [0.15, 0.2) is 0 Å². The summed E-state index contributed by atoms with van der Waals surface area (Å²) < 4.78 is 6.63. The number of rotatable bonds is 9. The lowest BCUT2D eigenvalue weighted by Crippen LogP contribution is -2.74. The lowest BCUT2D eigenvalue weighted by atomic mass is 9.49. The number of nitriles is 1. The Bertz CT molecular complexity index is 2580. The quantitative estimate of drug-likeness (QED) is 0.190. The summed E-state index contributed by atoms with van der Waals surface area (Å²) in [6, 6.07) is 21.9. The smallest absolute Gasteiger partial charge is 0.255 e. The summed E-state index contributed by atoms with van der Waals surface area (Å²) in [4.78, 5) is 74.9. The number of carbonyl (C=O) groups is 4. The fraction of sp³-hybridized carbons (Fsp3) is 0.469. The number of fused-ring (bicyclic) bond motifs is 2. The zero-order valence-electron chi connectivity index (χ0n) is 36.8. The highest BCUT2D eigenvalue weighted by Gasteiger charge is 2.64. The van der Waals surface area contributed by atoms with E-state index in [1.807, 2.05) is 36.4 Å². The first-order valence-corrected chi connectivity index (χ1v) is 22.2. The van der Waals surface area contributed by atoms with E-state index in [9.17, 15) is 29.2 Å². The molecule has 14 heteroatoms. The maximum atomic E-state index is 13.7. The Balaban J connectivity index is 0.748. The summed E-state index contributed by atoms with van der Waals surface area (Å²) >= 11 is 0. The summed E-state index contributed by atoms with van der Waals surface area (Å²) in [7, 11) is 0. The summed E-state index contributed by atoms with van der Waals surface area (Å²) in [5.74, 6) is -0.358. The van der Waals surface area contributed by atoms with Crippen molar-refractivity contribution in [3.63, 3.8) is 0 Å². The molecule has 328 valence electrons. The van der Waals surface area contributed by atoms with Crippen molar-refractivity contribution in [2.24, 2.45) is 16.2 Å². The van der Waals surface area contributed by atoms with Crippen molar-refractivity contribution in [3.05, 3.63) is 99.3 Å². The fourth-order valence-electron chi connectivity index (χ4n) is 11.3. The van der Waals surface area contributed by atoms with Crippen LogP contribution in [-0.2, 0) is 16.1 Å². The molecule has 3 saturated heterocycles. The number of piperazine rings is 1. The minimum Gasteiger partial charge on any atom is -0.488 e. The van der Waals surface area contributed by atoms with Gasteiger partial charge in [-0.15, -0.1) is 0 Å². The maximum Gasteiger partial charge on any atom is 0.255 e. The van der Waals surface area contributed by atoms with Gasteiger partial charge in [-0.05, 0) is 90.9 Å². The number of anilines is 2. The molecule has 63 heavy (non-hydrogen) atoms. The molecule has 4 amide bonds. The van der Waals surface area contributed by atoms with E-state index in [1.54, 1.807) is 23.1 Å². The number of pyridine rings is 1. The fourth-order valence-corrected chi connectivity index (χ4v) is 11.3. The summed E-state index contributed by atoms with van der Waals surface area (Å²) in [6.07, 6.45) is 2.49. The molecule has 1 saturated carbocycles. The van der Waals surface area contributed by atoms with Gasteiger partial charge in [0.25, 0.3) is 11.8 Å². The second kappa shape index (κ2) is 15.9. The van der Waals surface area contributed by atoms with Crippen molar-refractivity contribution in [3.8, 4) is 11.8 Å². The highest BCUT2D eigenvalue weighted by Crippen LogP contribution is 2.56. The van der Waals surface area contributed by atoms with Crippen LogP contribution in [0.3, 0.4) is 0 Å². The Kier molecular flexibility index (Phi) is 10.6. The average molecular weight is 853 g/mol. The van der Waals surface area contributed by atoms with E-state index in [-0.39, 0.29) is 53.2 Å². The van der Waals surface area contributed by atoms with E-state index in [1.165, 1.54) is 6.07 Å². The summed E-state index contributed by atoms with van der Waals surface area (Å²) in [5.41, 5.74) is 4.31. The van der Waals surface area contributed by atoms with Crippen LogP contribution in [0.4, 0.5) is 11.4 Å². The molecule has 3 aromatic carbocycles. The molecule has 14 nitrogen and oxygen atoms in total. The van der Waals surface area contributed by atoms with Gasteiger partial charge >= 0.3 is 0 Å². The van der Waals surface area contributed by atoms with Crippen LogP contribution in [0.25, 0.3) is 10.9 Å². The van der Waals surface area contributed by atoms with Crippen LogP contribution in [0.2, 0.25) is 0 Å². The first kappa shape index (κ1) is 42.1. The van der Waals surface area contributed by atoms with Crippen LogP contribution >= 0.6 is 0 Å². The van der Waals surface area contributed by atoms with Crippen molar-refractivity contribution >= 4 is 45.9 Å². The van der Waals surface area contributed by atoms with Gasteiger partial charge in [-0.1, -0.05) is 34.6 Å². The molecule has 4 aliphatic heterocycles. The van der Waals surface area contributed by atoms with Crippen molar-refractivity contribution in [1.29, 1.82) is 5.26 Å². The Morgan fingerprint density at radius 1 is 0.841 bits per heavy atom. The topological polar surface area (TPSA) is 171 Å². The number of ether oxygens (including phenoxy) is 1. The number of benzene rings is 3. The van der Waals surface area contributed by atoms with Crippen molar-refractivity contribution in [2.45, 2.75) is 85.0 Å². The van der Waals surface area contributed by atoms with Gasteiger partial charge in [0, 0.05) is 110 Å². The molecule has 1 unspecified atom stereocenters. The predicted octanol–water partition coefficient (Wildman–Crippen LogP) is 5.20. The normalized spacial score (nSPS) is 24.0. The number of nitrogens with one attached hydrogen (secondary N) is 3. The van der Waals surface area contributed by atoms with Crippen LogP contribution < -0.4 is 30.7 Å². The minimum atomic E-state index is -0.610. The second-order valence-corrected chi connectivity index (χ2v) is 19.7. The number of carbonyl (C=O) groups excluding carboxylic acids is 4. The number of imide groups is 1. The van der Waals surface area contributed by atoms with Crippen LogP contribution in [0, 0.1) is 27.6 Å². The van der Waals surface area contributed by atoms with E-state index in [0.717, 1.165) is 75.6 Å². The van der Waals surface area contributed by atoms with E-state index < -0.39 is 16.9 Å². The van der Waals surface area contributed by atoms with Crippen LogP contribution in [-0.4, -0.2) is 102 Å². The predicted molar refractivity (Wildman–Crippen MR) is 240 cm³/mol. The molecular weight excluding hydrogens is 797 g/mol. The number of hydrogen-bond donors (Lipinski definition) is 3. The highest BCUT2D eigenvalue weighted by atomic mass is 16.5. The first-order valence-electron chi connectivity index (χ1n) is 22.2. The third-order valence-corrected chi connectivity index (χ3v) is 14.7. The third-order valence-electron chi connectivity index (χ3n) is 14.7. The maximum absolute atomic E-state index is 13.7. The summed E-state index contributed by atoms with van der Waals surface area (Å²) in [6.45, 7) is 17.8. The van der Waals surface area contributed by atoms with Gasteiger partial charge in [-0.2, -0.15) is 5.26 Å². The number of nitrogens with zero attached hydrogens (tertiary/aromatic N) is 5. The number of H-pyrrole nitrogens is 1. The van der Waals surface area contributed by atoms with E-state index in [4.69, 9.17) is 4.74 Å². The minimum absolute atomic E-state index is 0.126. The molecular formula is C49H56N8O6. The van der Waals surface area contributed by atoms with E-state index in [0.29, 0.717) is 46.3 Å². The van der Waals surface area contributed by atoms with Gasteiger partial charge in [-0.3, -0.25) is 34.2 Å². The largest absolute Gasteiger partial charge is 0.488 e. The average Bonchev–Trinajstić information content (AvgIpc) is 3.59. The van der Waals surface area contributed by atoms with Crippen LogP contribution in [0.5, 0.6) is 5.75 Å². The molecule has 1 aromatic heterocycles. The lowest BCUT2D eigenvalue weighted by molar-refractivity contribution is -0.163. The Hall–Kier alpha value is -6.20. The highest BCUT2D eigenvalue weighted by molar-refractivity contribution is 6.05.